The third-order valence-corrected chi connectivity index (χ3v) is 8.57. The number of likely N-dealkylation sites (tertiary alicyclic amines) is 1. The molecular weight excluding hydrogens is 350 g/mol. The molecule has 1 amide bonds. The number of rotatable bonds is 3. The van der Waals surface area contributed by atoms with Crippen molar-refractivity contribution in [1.82, 2.24) is 9.80 Å². The maximum absolute atomic E-state index is 12.5. The molecule has 6 nitrogen and oxygen atoms in total. The summed E-state index contributed by atoms with van der Waals surface area (Å²) in [6.07, 6.45) is 9.32. The van der Waals surface area contributed by atoms with E-state index >= 15 is 0 Å². The Labute approximate surface area is 157 Å². The molecule has 3 aliphatic carbocycles. The Morgan fingerprint density at radius 3 is 2.42 bits per heavy atom. The van der Waals surface area contributed by atoms with Crippen LogP contribution in [0.2, 0.25) is 0 Å². The monoisotopic (exact) mass is 375 g/mol. The molecule has 3 heterocycles. The lowest BCUT2D eigenvalue weighted by atomic mass is 9.64. The Bertz CT molecular complexity index is 699. The molecule has 1 saturated carbocycles. The molecule has 140 valence electrons. The molecule has 3 aliphatic heterocycles. The van der Waals surface area contributed by atoms with E-state index in [0.29, 0.717) is 11.8 Å². The van der Waals surface area contributed by atoms with Crippen LogP contribution in [0.3, 0.4) is 0 Å². The lowest BCUT2D eigenvalue weighted by molar-refractivity contribution is -0.158. The fourth-order valence-corrected chi connectivity index (χ4v) is 7.38. The summed E-state index contributed by atoms with van der Waals surface area (Å²) < 4.78 is -0.482. The van der Waals surface area contributed by atoms with Crippen molar-refractivity contribution in [2.75, 3.05) is 13.1 Å². The number of hydrogen-bond acceptors (Lipinski definition) is 4. The number of carboxylic acid groups (broad SMARTS) is 1. The van der Waals surface area contributed by atoms with Crippen LogP contribution in [0, 0.1) is 23.7 Å². The summed E-state index contributed by atoms with van der Waals surface area (Å²) in [6.45, 7) is 5.87. The number of carbonyl (C=O) groups excluding carboxylic acids is 1. The number of carboxylic acids is 1. The van der Waals surface area contributed by atoms with E-state index in [0.717, 1.165) is 24.9 Å². The van der Waals surface area contributed by atoms with Crippen molar-refractivity contribution >= 4 is 30.0 Å². The summed E-state index contributed by atoms with van der Waals surface area (Å²) in [5.74, 6) is 1.82. The summed E-state index contributed by atoms with van der Waals surface area (Å²) >= 11 is 1.56. The van der Waals surface area contributed by atoms with Crippen LogP contribution in [-0.2, 0) is 9.59 Å². The van der Waals surface area contributed by atoms with Crippen molar-refractivity contribution in [2.24, 2.45) is 28.7 Å². The van der Waals surface area contributed by atoms with Crippen LogP contribution >= 0.6 is 11.8 Å². The van der Waals surface area contributed by atoms with E-state index in [1.165, 1.54) is 17.7 Å². The van der Waals surface area contributed by atoms with Crippen molar-refractivity contribution in [3.05, 3.63) is 12.2 Å². The zero-order valence-electron chi connectivity index (χ0n) is 15.1. The Morgan fingerprint density at radius 1 is 1.27 bits per heavy atom. The van der Waals surface area contributed by atoms with Crippen molar-refractivity contribution in [3.8, 4) is 0 Å². The van der Waals surface area contributed by atoms with Gasteiger partial charge in [-0.15, -0.1) is 11.8 Å². The molecule has 6 aliphatic rings. The molecule has 7 heteroatoms. The van der Waals surface area contributed by atoms with Crippen LogP contribution in [0.25, 0.3) is 0 Å². The quantitative estimate of drug-likeness (QED) is 0.352. The molecule has 0 aromatic rings. The molecule has 6 rings (SSSR count). The van der Waals surface area contributed by atoms with Crippen LogP contribution in [0.5, 0.6) is 0 Å². The highest BCUT2D eigenvalue weighted by molar-refractivity contribution is 8.01. The predicted molar refractivity (Wildman–Crippen MR) is 99.9 cm³/mol. The van der Waals surface area contributed by atoms with E-state index < -0.39 is 22.8 Å². The van der Waals surface area contributed by atoms with Gasteiger partial charge in [0.05, 0.1) is 6.34 Å². The molecular formula is C19H25N3O3S. The third kappa shape index (κ3) is 2.22. The van der Waals surface area contributed by atoms with Gasteiger partial charge < -0.3 is 14.9 Å². The minimum atomic E-state index is -0.924. The first-order valence-corrected chi connectivity index (χ1v) is 10.4. The molecule has 0 radical (unpaired) electrons. The van der Waals surface area contributed by atoms with Crippen LogP contribution < -0.4 is 0 Å². The number of allylic oxidation sites excluding steroid dienone is 2. The van der Waals surface area contributed by atoms with Gasteiger partial charge in [-0.3, -0.25) is 9.79 Å². The second-order valence-corrected chi connectivity index (χ2v) is 10.6. The molecule has 0 aromatic carbocycles. The van der Waals surface area contributed by atoms with Crippen LogP contribution in [0.4, 0.5) is 0 Å². The average Bonchev–Trinajstić information content (AvgIpc) is 3.14. The molecule has 4 fully saturated rings. The molecule has 1 N–H and O–H groups in total. The maximum Gasteiger partial charge on any atom is 0.327 e. The fourth-order valence-electron chi connectivity index (χ4n) is 5.76. The van der Waals surface area contributed by atoms with Crippen LogP contribution in [0.15, 0.2) is 17.1 Å². The lowest BCUT2D eigenvalue weighted by Gasteiger charge is -2.41. The van der Waals surface area contributed by atoms with Gasteiger partial charge in [0, 0.05) is 17.8 Å². The highest BCUT2D eigenvalue weighted by Crippen LogP contribution is 2.52. The molecule has 2 bridgehead atoms. The number of fused-ring (bicyclic) bond motifs is 2. The molecule has 7 atom stereocenters. The Kier molecular flexibility index (Phi) is 3.53. The van der Waals surface area contributed by atoms with E-state index in [1.807, 2.05) is 20.2 Å². The topological polar surface area (TPSA) is 73.2 Å². The normalized spacial score (nSPS) is 45.2. The number of amides is 1. The van der Waals surface area contributed by atoms with Gasteiger partial charge in [-0.25, -0.2) is 4.79 Å². The molecule has 0 spiro atoms. The molecule has 0 unspecified atom stereocenters. The zero-order valence-corrected chi connectivity index (χ0v) is 15.9. The number of carbonyl (C=O) groups is 2. The molecule has 0 aromatic heterocycles. The predicted octanol–water partition coefficient (Wildman–Crippen LogP) is 1.67. The standard InChI is InChI=1S/C19H25N3O3S/c1-19(2)15(18(24)25)22-16(23)14(17(22)26-19)20-9-21-7-12-10-3-4-11(6-5-10)13(12)8-21/h3-4,9-15,17H,5-8H2,1-2H3,(H,24,25)/t10-,11+,12-,13+,14-,15+,17-/m1/s1. The number of nitrogens with zero attached hydrogens (tertiary/aromatic N) is 3. The summed E-state index contributed by atoms with van der Waals surface area (Å²) in [6, 6.07) is -1.19. The third-order valence-electron chi connectivity index (χ3n) is 7.02. The minimum absolute atomic E-state index is 0.141. The van der Waals surface area contributed by atoms with Crippen LogP contribution in [-0.4, -0.2) is 68.4 Å². The van der Waals surface area contributed by atoms with Crippen molar-refractivity contribution < 1.29 is 14.7 Å². The summed E-state index contributed by atoms with van der Waals surface area (Å²) in [5, 5.41) is 9.35. The fraction of sp³-hybridized carbons (Fsp3) is 0.737. The first-order valence-electron chi connectivity index (χ1n) is 9.55. The van der Waals surface area contributed by atoms with E-state index in [4.69, 9.17) is 0 Å². The smallest absolute Gasteiger partial charge is 0.327 e. The summed E-state index contributed by atoms with van der Waals surface area (Å²) in [4.78, 5) is 32.5. The lowest BCUT2D eigenvalue weighted by Crippen LogP contribution is -2.65. The molecule has 3 saturated heterocycles. The SMILES string of the molecule is CC1(C)S[C@@H]2[C@H](N=CN3C[C@@H]4[C@H](C3)[C@@H]3C=C[C@H]4CC3)C(=O)N2[C@H]1C(=O)O. The van der Waals surface area contributed by atoms with Crippen molar-refractivity contribution in [2.45, 2.75) is 48.9 Å². The first kappa shape index (κ1) is 16.7. The number of aliphatic imine (C=N–C) groups is 1. The van der Waals surface area contributed by atoms with Gasteiger partial charge in [-0.05, 0) is 50.4 Å². The van der Waals surface area contributed by atoms with Gasteiger partial charge >= 0.3 is 5.97 Å². The van der Waals surface area contributed by atoms with Gasteiger partial charge in [-0.1, -0.05) is 12.2 Å². The Hall–Kier alpha value is -1.50. The number of β-lactam (4-membered cyclic amide) rings is 1. The highest BCUT2D eigenvalue weighted by Gasteiger charge is 2.64. The summed E-state index contributed by atoms with van der Waals surface area (Å²) in [7, 11) is 0. The number of thioether (sulfide) groups is 1. The van der Waals surface area contributed by atoms with Crippen LogP contribution in [0.1, 0.15) is 26.7 Å². The van der Waals surface area contributed by atoms with E-state index in [-0.39, 0.29) is 11.3 Å². The van der Waals surface area contributed by atoms with Crippen molar-refractivity contribution in [3.63, 3.8) is 0 Å². The van der Waals surface area contributed by atoms with Gasteiger partial charge in [0.15, 0.2) is 6.04 Å². The van der Waals surface area contributed by atoms with Gasteiger partial charge in [0.2, 0.25) is 0 Å². The second kappa shape index (κ2) is 5.50. The van der Waals surface area contributed by atoms with Gasteiger partial charge in [0.1, 0.15) is 11.4 Å². The van der Waals surface area contributed by atoms with Gasteiger partial charge in [-0.2, -0.15) is 0 Å². The Balaban J connectivity index is 1.27. The van der Waals surface area contributed by atoms with E-state index in [2.05, 4.69) is 22.0 Å². The zero-order chi connectivity index (χ0) is 18.2. The van der Waals surface area contributed by atoms with Crippen molar-refractivity contribution in [1.29, 1.82) is 0 Å². The molecule has 26 heavy (non-hydrogen) atoms. The average molecular weight is 375 g/mol. The highest BCUT2D eigenvalue weighted by atomic mass is 32.2. The first-order chi connectivity index (χ1) is 12.4. The Morgan fingerprint density at radius 2 is 1.88 bits per heavy atom. The second-order valence-electron chi connectivity index (χ2n) is 8.88. The summed E-state index contributed by atoms with van der Waals surface area (Å²) in [5.41, 5.74) is 0. The van der Waals surface area contributed by atoms with Gasteiger partial charge in [0.25, 0.3) is 5.91 Å². The van der Waals surface area contributed by atoms with E-state index in [1.54, 1.807) is 11.8 Å². The number of aliphatic carboxylic acids is 1. The maximum atomic E-state index is 12.5. The number of hydrogen-bond donors (Lipinski definition) is 1. The largest absolute Gasteiger partial charge is 0.480 e. The minimum Gasteiger partial charge on any atom is -0.480 e. The van der Waals surface area contributed by atoms with E-state index in [9.17, 15) is 14.7 Å².